The zero-order valence-electron chi connectivity index (χ0n) is 10.1. The van der Waals surface area contributed by atoms with Gasteiger partial charge in [0.25, 0.3) is 0 Å². The SMILES string of the molecule is C=CCC(CNCCOC)C(C)(C)C. The molecule has 0 saturated heterocycles. The summed E-state index contributed by atoms with van der Waals surface area (Å²) >= 11 is 0. The van der Waals surface area contributed by atoms with E-state index in [1.807, 2.05) is 6.08 Å². The average Bonchev–Trinajstić information content (AvgIpc) is 2.08. The lowest BCUT2D eigenvalue weighted by molar-refractivity contribution is 0.187. The van der Waals surface area contributed by atoms with Gasteiger partial charge < -0.3 is 10.1 Å². The quantitative estimate of drug-likeness (QED) is 0.502. The van der Waals surface area contributed by atoms with Gasteiger partial charge in [0.05, 0.1) is 6.61 Å². The Kier molecular flexibility index (Phi) is 6.85. The highest BCUT2D eigenvalue weighted by Gasteiger charge is 2.22. The molecule has 0 aromatic heterocycles. The van der Waals surface area contributed by atoms with Gasteiger partial charge in [-0.15, -0.1) is 6.58 Å². The summed E-state index contributed by atoms with van der Waals surface area (Å²) in [4.78, 5) is 0. The normalized spacial score (nSPS) is 14.0. The monoisotopic (exact) mass is 199 g/mol. The third-order valence-electron chi connectivity index (χ3n) is 2.55. The van der Waals surface area contributed by atoms with E-state index >= 15 is 0 Å². The summed E-state index contributed by atoms with van der Waals surface area (Å²) in [5.74, 6) is 0.650. The third kappa shape index (κ3) is 6.17. The first-order valence-corrected chi connectivity index (χ1v) is 5.33. The Labute approximate surface area is 88.7 Å². The van der Waals surface area contributed by atoms with Crippen LogP contribution in [0.4, 0.5) is 0 Å². The van der Waals surface area contributed by atoms with Gasteiger partial charge in [0, 0.05) is 13.7 Å². The van der Waals surface area contributed by atoms with E-state index < -0.39 is 0 Å². The number of methoxy groups -OCH3 is 1. The minimum Gasteiger partial charge on any atom is -0.383 e. The molecule has 1 unspecified atom stereocenters. The molecule has 0 bridgehead atoms. The fourth-order valence-electron chi connectivity index (χ4n) is 1.39. The summed E-state index contributed by atoms with van der Waals surface area (Å²) < 4.78 is 4.99. The third-order valence-corrected chi connectivity index (χ3v) is 2.55. The van der Waals surface area contributed by atoms with Gasteiger partial charge in [0.1, 0.15) is 0 Å². The van der Waals surface area contributed by atoms with Crippen LogP contribution in [-0.4, -0.2) is 26.8 Å². The van der Waals surface area contributed by atoms with Crippen molar-refractivity contribution >= 4 is 0 Å². The molecule has 0 rings (SSSR count). The Morgan fingerprint density at radius 2 is 2.07 bits per heavy atom. The summed E-state index contributed by atoms with van der Waals surface area (Å²) in [7, 11) is 1.73. The van der Waals surface area contributed by atoms with Gasteiger partial charge in [-0.05, 0) is 24.3 Å². The van der Waals surface area contributed by atoms with Gasteiger partial charge in [0.15, 0.2) is 0 Å². The van der Waals surface area contributed by atoms with Crippen LogP contribution in [0.15, 0.2) is 12.7 Å². The topological polar surface area (TPSA) is 21.3 Å². The maximum atomic E-state index is 4.99. The van der Waals surface area contributed by atoms with E-state index in [0.717, 1.165) is 26.1 Å². The molecule has 0 aliphatic heterocycles. The molecule has 0 aromatic carbocycles. The van der Waals surface area contributed by atoms with Crippen LogP contribution in [0.1, 0.15) is 27.2 Å². The van der Waals surface area contributed by atoms with E-state index in [4.69, 9.17) is 4.74 Å². The molecule has 0 heterocycles. The largest absolute Gasteiger partial charge is 0.383 e. The summed E-state index contributed by atoms with van der Waals surface area (Å²) in [6.45, 7) is 13.4. The average molecular weight is 199 g/mol. The van der Waals surface area contributed by atoms with Crippen LogP contribution < -0.4 is 5.32 Å². The van der Waals surface area contributed by atoms with Crippen LogP contribution in [0.5, 0.6) is 0 Å². The van der Waals surface area contributed by atoms with Crippen molar-refractivity contribution in [3.8, 4) is 0 Å². The highest BCUT2D eigenvalue weighted by Crippen LogP contribution is 2.28. The van der Waals surface area contributed by atoms with Crippen LogP contribution in [0.3, 0.4) is 0 Å². The van der Waals surface area contributed by atoms with Crippen LogP contribution in [-0.2, 0) is 4.74 Å². The highest BCUT2D eigenvalue weighted by atomic mass is 16.5. The number of allylic oxidation sites excluding steroid dienone is 1. The van der Waals surface area contributed by atoms with E-state index in [2.05, 4.69) is 32.7 Å². The fraction of sp³-hybridized carbons (Fsp3) is 0.833. The van der Waals surface area contributed by atoms with Gasteiger partial charge in [-0.3, -0.25) is 0 Å². The maximum absolute atomic E-state index is 4.99. The first-order chi connectivity index (χ1) is 6.52. The minimum absolute atomic E-state index is 0.342. The molecule has 1 N–H and O–H groups in total. The molecule has 14 heavy (non-hydrogen) atoms. The lowest BCUT2D eigenvalue weighted by Gasteiger charge is -2.30. The first-order valence-electron chi connectivity index (χ1n) is 5.33. The maximum Gasteiger partial charge on any atom is 0.0587 e. The van der Waals surface area contributed by atoms with Crippen LogP contribution in [0, 0.1) is 11.3 Å². The number of ether oxygens (including phenoxy) is 1. The van der Waals surface area contributed by atoms with Crippen molar-refractivity contribution in [3.05, 3.63) is 12.7 Å². The van der Waals surface area contributed by atoms with E-state index in [9.17, 15) is 0 Å². The molecular weight excluding hydrogens is 174 g/mol. The Morgan fingerprint density at radius 1 is 1.43 bits per heavy atom. The number of hydrogen-bond donors (Lipinski definition) is 1. The van der Waals surface area contributed by atoms with E-state index in [0.29, 0.717) is 11.3 Å². The Balaban J connectivity index is 3.80. The smallest absolute Gasteiger partial charge is 0.0587 e. The van der Waals surface area contributed by atoms with E-state index in [-0.39, 0.29) is 0 Å². The predicted molar refractivity (Wildman–Crippen MR) is 62.5 cm³/mol. The molecule has 0 aromatic rings. The molecule has 1 atom stereocenters. The van der Waals surface area contributed by atoms with Crippen molar-refractivity contribution in [2.45, 2.75) is 27.2 Å². The number of hydrogen-bond acceptors (Lipinski definition) is 2. The second-order valence-electron chi connectivity index (χ2n) is 4.78. The van der Waals surface area contributed by atoms with Crippen molar-refractivity contribution in [2.24, 2.45) is 11.3 Å². The first kappa shape index (κ1) is 13.7. The van der Waals surface area contributed by atoms with Gasteiger partial charge in [-0.2, -0.15) is 0 Å². The van der Waals surface area contributed by atoms with Crippen molar-refractivity contribution in [3.63, 3.8) is 0 Å². The van der Waals surface area contributed by atoms with Crippen molar-refractivity contribution in [2.75, 3.05) is 26.8 Å². The second kappa shape index (κ2) is 7.02. The summed E-state index contributed by atoms with van der Waals surface area (Å²) in [6.07, 6.45) is 3.08. The van der Waals surface area contributed by atoms with Gasteiger partial charge >= 0.3 is 0 Å². The predicted octanol–water partition coefficient (Wildman–Crippen LogP) is 2.46. The molecule has 2 heteroatoms. The molecule has 0 fully saturated rings. The summed E-state index contributed by atoms with van der Waals surface area (Å²) in [5, 5.41) is 3.40. The second-order valence-corrected chi connectivity index (χ2v) is 4.78. The van der Waals surface area contributed by atoms with Crippen molar-refractivity contribution in [1.29, 1.82) is 0 Å². The molecule has 0 spiro atoms. The lowest BCUT2D eigenvalue weighted by Crippen LogP contribution is -2.33. The lowest BCUT2D eigenvalue weighted by atomic mass is 9.79. The minimum atomic E-state index is 0.342. The van der Waals surface area contributed by atoms with E-state index in [1.165, 1.54) is 0 Å². The number of rotatable bonds is 7. The van der Waals surface area contributed by atoms with Crippen molar-refractivity contribution in [1.82, 2.24) is 5.32 Å². The zero-order chi connectivity index (χ0) is 11.0. The van der Waals surface area contributed by atoms with Gasteiger partial charge in [-0.25, -0.2) is 0 Å². The molecule has 0 radical (unpaired) electrons. The molecule has 0 aliphatic rings. The highest BCUT2D eigenvalue weighted by molar-refractivity contribution is 4.82. The molecule has 0 amide bonds. The molecule has 0 aliphatic carbocycles. The number of nitrogens with one attached hydrogen (secondary N) is 1. The molecule has 84 valence electrons. The van der Waals surface area contributed by atoms with Crippen LogP contribution >= 0.6 is 0 Å². The van der Waals surface area contributed by atoms with Gasteiger partial charge in [0.2, 0.25) is 0 Å². The summed E-state index contributed by atoms with van der Waals surface area (Å²) in [6, 6.07) is 0. The zero-order valence-corrected chi connectivity index (χ0v) is 10.1. The van der Waals surface area contributed by atoms with E-state index in [1.54, 1.807) is 7.11 Å². The van der Waals surface area contributed by atoms with Crippen LogP contribution in [0.2, 0.25) is 0 Å². The Hall–Kier alpha value is -0.340. The molecular formula is C12H25NO. The molecule has 2 nitrogen and oxygen atoms in total. The van der Waals surface area contributed by atoms with Gasteiger partial charge in [-0.1, -0.05) is 26.8 Å². The fourth-order valence-corrected chi connectivity index (χ4v) is 1.39. The van der Waals surface area contributed by atoms with Crippen molar-refractivity contribution < 1.29 is 4.74 Å². The summed E-state index contributed by atoms with van der Waals surface area (Å²) in [5.41, 5.74) is 0.342. The Morgan fingerprint density at radius 3 is 2.50 bits per heavy atom. The molecule has 0 saturated carbocycles. The Bertz CT molecular complexity index is 149. The van der Waals surface area contributed by atoms with Crippen LogP contribution in [0.25, 0.3) is 0 Å². The standard InChI is InChI=1S/C12H25NO/c1-6-7-11(12(2,3)4)10-13-8-9-14-5/h6,11,13H,1,7-10H2,2-5H3.